The van der Waals surface area contributed by atoms with Crippen molar-refractivity contribution in [1.82, 2.24) is 4.72 Å². The predicted molar refractivity (Wildman–Crippen MR) is 71.0 cm³/mol. The summed E-state index contributed by atoms with van der Waals surface area (Å²) in [7, 11) is -4.15. The average molecular weight is 325 g/mol. The van der Waals surface area contributed by atoms with Crippen molar-refractivity contribution in [2.45, 2.75) is 17.4 Å². The highest BCUT2D eigenvalue weighted by Crippen LogP contribution is 2.27. The largest absolute Gasteiger partial charge is 0.394 e. The van der Waals surface area contributed by atoms with E-state index in [9.17, 15) is 18.5 Å². The standard InChI is InChI=1S/C10H13ClN2O6S/c1-10(5-14,6-15)12-20(18,19)7-2-3-8(11)9(4-7)13(16)17/h2-4,12,14-15H,5-6H2,1H3. The molecule has 10 heteroatoms. The molecule has 0 atom stereocenters. The third-order valence-corrected chi connectivity index (χ3v) is 4.46. The lowest BCUT2D eigenvalue weighted by Crippen LogP contribution is -2.51. The number of hydrogen-bond acceptors (Lipinski definition) is 6. The van der Waals surface area contributed by atoms with Crippen molar-refractivity contribution in [3.8, 4) is 0 Å². The number of hydrogen-bond donors (Lipinski definition) is 3. The topological polar surface area (TPSA) is 130 Å². The van der Waals surface area contributed by atoms with Crippen molar-refractivity contribution in [3.05, 3.63) is 33.3 Å². The van der Waals surface area contributed by atoms with Gasteiger partial charge < -0.3 is 10.2 Å². The molecule has 1 rings (SSSR count). The highest BCUT2D eigenvalue weighted by molar-refractivity contribution is 7.89. The van der Waals surface area contributed by atoms with Gasteiger partial charge in [-0.1, -0.05) is 11.6 Å². The number of halogens is 1. The zero-order valence-electron chi connectivity index (χ0n) is 10.4. The van der Waals surface area contributed by atoms with Gasteiger partial charge in [0, 0.05) is 6.07 Å². The Morgan fingerprint density at radius 3 is 2.40 bits per heavy atom. The second-order valence-corrected chi connectivity index (χ2v) is 6.44. The average Bonchev–Trinajstić information content (AvgIpc) is 2.38. The highest BCUT2D eigenvalue weighted by Gasteiger charge is 2.30. The number of benzene rings is 1. The van der Waals surface area contributed by atoms with E-state index < -0.39 is 39.4 Å². The molecular formula is C10H13ClN2O6S. The zero-order valence-corrected chi connectivity index (χ0v) is 12.0. The van der Waals surface area contributed by atoms with E-state index in [0.717, 1.165) is 18.2 Å². The molecule has 0 fully saturated rings. The second-order valence-electron chi connectivity index (χ2n) is 4.35. The third kappa shape index (κ3) is 3.64. The third-order valence-electron chi connectivity index (χ3n) is 2.50. The molecule has 0 saturated heterocycles. The molecule has 0 heterocycles. The van der Waals surface area contributed by atoms with E-state index in [1.807, 2.05) is 0 Å². The minimum absolute atomic E-state index is 0.193. The van der Waals surface area contributed by atoms with Crippen LogP contribution >= 0.6 is 11.6 Å². The van der Waals surface area contributed by atoms with Crippen LogP contribution in [-0.2, 0) is 10.0 Å². The summed E-state index contributed by atoms with van der Waals surface area (Å²) in [5.41, 5.74) is -2.03. The Kier molecular flexibility index (Phi) is 5.05. The van der Waals surface area contributed by atoms with Crippen molar-refractivity contribution in [3.63, 3.8) is 0 Å². The number of nitro groups is 1. The molecule has 1 aromatic carbocycles. The first-order valence-electron chi connectivity index (χ1n) is 5.35. The van der Waals surface area contributed by atoms with Gasteiger partial charge >= 0.3 is 0 Å². The lowest BCUT2D eigenvalue weighted by Gasteiger charge is -2.25. The molecular weight excluding hydrogens is 312 g/mol. The summed E-state index contributed by atoms with van der Waals surface area (Å²) >= 11 is 5.59. The van der Waals surface area contributed by atoms with Crippen LogP contribution in [0, 0.1) is 10.1 Å². The van der Waals surface area contributed by atoms with Crippen molar-refractivity contribution in [1.29, 1.82) is 0 Å². The SMILES string of the molecule is CC(CO)(CO)NS(=O)(=O)c1ccc(Cl)c([N+](=O)[O-])c1. The number of aliphatic hydroxyl groups is 2. The fraction of sp³-hybridized carbons (Fsp3) is 0.400. The Balaban J connectivity index is 3.23. The summed E-state index contributed by atoms with van der Waals surface area (Å²) in [5.74, 6) is 0. The van der Waals surface area contributed by atoms with Crippen LogP contribution < -0.4 is 4.72 Å². The molecule has 0 amide bonds. The molecule has 112 valence electrons. The minimum Gasteiger partial charge on any atom is -0.394 e. The van der Waals surface area contributed by atoms with Gasteiger partial charge in [-0.2, -0.15) is 0 Å². The van der Waals surface area contributed by atoms with Crippen molar-refractivity contribution < 1.29 is 23.6 Å². The van der Waals surface area contributed by atoms with E-state index in [1.54, 1.807) is 0 Å². The molecule has 0 radical (unpaired) electrons. The molecule has 1 aromatic rings. The van der Waals surface area contributed by atoms with Gasteiger partial charge in [-0.15, -0.1) is 0 Å². The Labute approximate surface area is 120 Å². The molecule has 0 aliphatic carbocycles. The first kappa shape index (κ1) is 16.8. The summed E-state index contributed by atoms with van der Waals surface area (Å²) in [4.78, 5) is 9.53. The van der Waals surface area contributed by atoms with Gasteiger partial charge in [0.1, 0.15) is 5.02 Å². The fourth-order valence-electron chi connectivity index (χ4n) is 1.30. The van der Waals surface area contributed by atoms with Crippen LogP contribution in [0.25, 0.3) is 0 Å². The van der Waals surface area contributed by atoms with Gasteiger partial charge in [0.15, 0.2) is 0 Å². The smallest absolute Gasteiger partial charge is 0.289 e. The summed E-state index contributed by atoms with van der Waals surface area (Å²) < 4.78 is 26.2. The van der Waals surface area contributed by atoms with Crippen LogP contribution in [0.4, 0.5) is 5.69 Å². The number of nitrogens with zero attached hydrogens (tertiary/aromatic N) is 1. The van der Waals surface area contributed by atoms with Gasteiger partial charge in [-0.25, -0.2) is 13.1 Å². The lowest BCUT2D eigenvalue weighted by molar-refractivity contribution is -0.384. The predicted octanol–water partition coefficient (Wildman–Crippen LogP) is 0.270. The molecule has 20 heavy (non-hydrogen) atoms. The second kappa shape index (κ2) is 6.02. The van der Waals surface area contributed by atoms with E-state index >= 15 is 0 Å². The molecule has 8 nitrogen and oxygen atoms in total. The van der Waals surface area contributed by atoms with Crippen LogP contribution in [0.1, 0.15) is 6.92 Å². The van der Waals surface area contributed by atoms with Gasteiger partial charge in [-0.3, -0.25) is 10.1 Å². The molecule has 0 aromatic heterocycles. The lowest BCUT2D eigenvalue weighted by atomic mass is 10.1. The summed E-state index contributed by atoms with van der Waals surface area (Å²) in [5, 5.41) is 28.7. The summed E-state index contributed by atoms with van der Waals surface area (Å²) in [6, 6.07) is 2.98. The van der Waals surface area contributed by atoms with E-state index in [1.165, 1.54) is 6.92 Å². The van der Waals surface area contributed by atoms with Crippen LogP contribution in [0.5, 0.6) is 0 Å². The maximum Gasteiger partial charge on any atom is 0.289 e. The monoisotopic (exact) mass is 324 g/mol. The van der Waals surface area contributed by atoms with Crippen molar-refractivity contribution >= 4 is 27.3 Å². The van der Waals surface area contributed by atoms with E-state index in [4.69, 9.17) is 21.8 Å². The van der Waals surface area contributed by atoms with E-state index in [0.29, 0.717) is 0 Å². The van der Waals surface area contributed by atoms with Crippen LogP contribution in [0.2, 0.25) is 5.02 Å². The number of sulfonamides is 1. The van der Waals surface area contributed by atoms with Crippen LogP contribution in [-0.4, -0.2) is 42.3 Å². The number of rotatable bonds is 6. The highest BCUT2D eigenvalue weighted by atomic mass is 35.5. The first-order valence-corrected chi connectivity index (χ1v) is 7.21. The van der Waals surface area contributed by atoms with Crippen molar-refractivity contribution in [2.24, 2.45) is 0 Å². The Morgan fingerprint density at radius 1 is 1.40 bits per heavy atom. The molecule has 0 bridgehead atoms. The molecule has 0 saturated carbocycles. The Hall–Kier alpha value is -1.26. The van der Waals surface area contributed by atoms with E-state index in [2.05, 4.69) is 4.72 Å². The minimum atomic E-state index is -4.15. The molecule has 0 aliphatic heterocycles. The summed E-state index contributed by atoms with van der Waals surface area (Å²) in [6.45, 7) is 0.00566. The van der Waals surface area contributed by atoms with Crippen LogP contribution in [0.15, 0.2) is 23.1 Å². The Bertz CT molecular complexity index is 614. The maximum atomic E-state index is 12.1. The summed E-state index contributed by atoms with van der Waals surface area (Å²) in [6.07, 6.45) is 0. The van der Waals surface area contributed by atoms with Gasteiger partial charge in [-0.05, 0) is 19.1 Å². The Morgan fingerprint density at radius 2 is 1.95 bits per heavy atom. The molecule has 0 spiro atoms. The zero-order chi connectivity index (χ0) is 15.6. The van der Waals surface area contributed by atoms with Crippen LogP contribution in [0.3, 0.4) is 0 Å². The molecule has 0 unspecified atom stereocenters. The van der Waals surface area contributed by atoms with Gasteiger partial charge in [0.25, 0.3) is 5.69 Å². The van der Waals surface area contributed by atoms with Gasteiger partial charge in [0.05, 0.1) is 28.6 Å². The maximum absolute atomic E-state index is 12.1. The normalized spacial score (nSPS) is 12.4. The number of nitro benzene ring substituents is 1. The molecule has 0 aliphatic rings. The number of aliphatic hydroxyl groups excluding tert-OH is 2. The van der Waals surface area contributed by atoms with Crippen molar-refractivity contribution in [2.75, 3.05) is 13.2 Å². The first-order chi connectivity index (χ1) is 9.15. The quantitative estimate of drug-likeness (QED) is 0.508. The van der Waals surface area contributed by atoms with E-state index in [-0.39, 0.29) is 9.92 Å². The van der Waals surface area contributed by atoms with Gasteiger partial charge in [0.2, 0.25) is 10.0 Å². The number of nitrogens with one attached hydrogen (secondary N) is 1. The molecule has 3 N–H and O–H groups in total. The fourth-order valence-corrected chi connectivity index (χ4v) is 2.89.